The van der Waals surface area contributed by atoms with E-state index in [0.717, 1.165) is 24.5 Å². The predicted octanol–water partition coefficient (Wildman–Crippen LogP) is 1.52. The van der Waals surface area contributed by atoms with E-state index in [1.54, 1.807) is 6.07 Å². The quantitative estimate of drug-likeness (QED) is 0.865. The Balaban J connectivity index is 2.19. The Morgan fingerprint density at radius 2 is 2.15 bits per heavy atom. The summed E-state index contributed by atoms with van der Waals surface area (Å²) in [6, 6.07) is 8.66. The van der Waals surface area contributed by atoms with Gasteiger partial charge in [-0.15, -0.1) is 5.10 Å². The number of hydrogen-bond donors (Lipinski definition) is 1. The average molecular weight is 274 g/mol. The van der Waals surface area contributed by atoms with E-state index in [0.29, 0.717) is 12.4 Å². The molecule has 0 aliphatic heterocycles. The molecule has 0 saturated carbocycles. The van der Waals surface area contributed by atoms with Gasteiger partial charge in [0.15, 0.2) is 0 Å². The largest absolute Gasteiger partial charge is 0.480 e. The minimum Gasteiger partial charge on any atom is -0.480 e. The topological polar surface area (TPSA) is 69.0 Å². The molecule has 0 amide bonds. The third-order valence-corrected chi connectivity index (χ3v) is 2.73. The van der Waals surface area contributed by atoms with Crippen LogP contribution in [0.4, 0.5) is 5.82 Å². The Labute approximate surface area is 117 Å². The first-order chi connectivity index (χ1) is 9.72. The molecular weight excluding hydrogens is 256 g/mol. The third kappa shape index (κ3) is 3.57. The van der Waals surface area contributed by atoms with Crippen LogP contribution in [0.1, 0.15) is 19.0 Å². The Morgan fingerprint density at radius 1 is 1.30 bits per heavy atom. The fourth-order valence-corrected chi connectivity index (χ4v) is 1.72. The van der Waals surface area contributed by atoms with Gasteiger partial charge in [0.25, 0.3) is 5.56 Å². The molecule has 106 valence electrons. The molecule has 0 aliphatic rings. The summed E-state index contributed by atoms with van der Waals surface area (Å²) in [7, 11) is 1.52. The van der Waals surface area contributed by atoms with Gasteiger partial charge >= 0.3 is 0 Å². The number of nitrogens with one attached hydrogen (secondary N) is 1. The van der Waals surface area contributed by atoms with Gasteiger partial charge in [0.2, 0.25) is 5.88 Å². The van der Waals surface area contributed by atoms with Gasteiger partial charge in [-0.05, 0) is 18.6 Å². The van der Waals surface area contributed by atoms with E-state index in [4.69, 9.17) is 4.74 Å². The number of rotatable bonds is 6. The number of ether oxygens (including phenoxy) is 1. The molecule has 0 radical (unpaired) electrons. The van der Waals surface area contributed by atoms with Crippen LogP contribution < -0.4 is 15.6 Å². The highest BCUT2D eigenvalue weighted by Crippen LogP contribution is 2.06. The fraction of sp³-hybridized carbons (Fsp3) is 0.357. The number of nitrogens with zero attached hydrogens (tertiary/aromatic N) is 3. The lowest BCUT2D eigenvalue weighted by Gasteiger charge is -2.08. The van der Waals surface area contributed by atoms with Gasteiger partial charge in [0.05, 0.1) is 19.3 Å². The molecule has 0 unspecified atom stereocenters. The van der Waals surface area contributed by atoms with E-state index in [1.807, 2.05) is 18.2 Å². The Bertz CT molecular complexity index is 625. The first-order valence-corrected chi connectivity index (χ1v) is 6.55. The number of anilines is 1. The molecule has 1 N–H and O–H groups in total. The van der Waals surface area contributed by atoms with Crippen LogP contribution in [0.5, 0.6) is 5.88 Å². The minimum absolute atomic E-state index is 0.181. The van der Waals surface area contributed by atoms with E-state index in [1.165, 1.54) is 17.9 Å². The van der Waals surface area contributed by atoms with Crippen molar-refractivity contribution in [2.45, 2.75) is 19.9 Å². The van der Waals surface area contributed by atoms with Gasteiger partial charge < -0.3 is 10.1 Å². The molecule has 2 heterocycles. The minimum atomic E-state index is -0.181. The average Bonchev–Trinajstić information content (AvgIpc) is 2.48. The number of pyridine rings is 1. The summed E-state index contributed by atoms with van der Waals surface area (Å²) in [6.07, 6.45) is 1.03. The second kappa shape index (κ2) is 6.70. The second-order valence-electron chi connectivity index (χ2n) is 4.31. The normalized spacial score (nSPS) is 10.3. The van der Waals surface area contributed by atoms with Crippen LogP contribution >= 0.6 is 0 Å². The molecule has 6 heteroatoms. The monoisotopic (exact) mass is 274 g/mol. The lowest BCUT2D eigenvalue weighted by Crippen LogP contribution is -2.23. The first kappa shape index (κ1) is 14.0. The highest BCUT2D eigenvalue weighted by molar-refractivity contribution is 5.35. The van der Waals surface area contributed by atoms with Gasteiger partial charge in [0.1, 0.15) is 5.82 Å². The van der Waals surface area contributed by atoms with Gasteiger partial charge in [-0.3, -0.25) is 4.79 Å². The summed E-state index contributed by atoms with van der Waals surface area (Å²) in [5.74, 6) is 1.21. The van der Waals surface area contributed by atoms with Crippen LogP contribution in [0.2, 0.25) is 0 Å². The Kier molecular flexibility index (Phi) is 4.70. The predicted molar refractivity (Wildman–Crippen MR) is 77.2 cm³/mol. The maximum atomic E-state index is 11.8. The van der Waals surface area contributed by atoms with Crippen LogP contribution in [0.3, 0.4) is 0 Å². The summed E-state index contributed by atoms with van der Waals surface area (Å²) < 4.78 is 6.36. The SMILES string of the molecule is CCCNc1cccc(Cn2nc(OC)ccc2=O)n1. The lowest BCUT2D eigenvalue weighted by atomic mass is 10.3. The summed E-state index contributed by atoms with van der Waals surface area (Å²) in [5.41, 5.74) is 0.591. The van der Waals surface area contributed by atoms with Gasteiger partial charge in [-0.2, -0.15) is 0 Å². The molecule has 0 aromatic carbocycles. The zero-order chi connectivity index (χ0) is 14.4. The van der Waals surface area contributed by atoms with Crippen molar-refractivity contribution < 1.29 is 4.74 Å². The molecule has 6 nitrogen and oxygen atoms in total. The highest BCUT2D eigenvalue weighted by atomic mass is 16.5. The molecule has 20 heavy (non-hydrogen) atoms. The van der Waals surface area contributed by atoms with Crippen molar-refractivity contribution in [2.24, 2.45) is 0 Å². The lowest BCUT2D eigenvalue weighted by molar-refractivity contribution is 0.378. The van der Waals surface area contributed by atoms with Crippen molar-refractivity contribution in [3.05, 3.63) is 46.4 Å². The van der Waals surface area contributed by atoms with E-state index in [-0.39, 0.29) is 5.56 Å². The molecule has 0 bridgehead atoms. The zero-order valence-electron chi connectivity index (χ0n) is 11.7. The van der Waals surface area contributed by atoms with Crippen molar-refractivity contribution in [1.82, 2.24) is 14.8 Å². The molecule has 2 rings (SSSR count). The molecule has 2 aromatic rings. The maximum absolute atomic E-state index is 11.8. The number of aromatic nitrogens is 3. The van der Waals surface area contributed by atoms with Crippen LogP contribution in [-0.2, 0) is 6.54 Å². The highest BCUT2D eigenvalue weighted by Gasteiger charge is 2.04. The Hall–Kier alpha value is -2.37. The van der Waals surface area contributed by atoms with Crippen molar-refractivity contribution >= 4 is 5.82 Å². The van der Waals surface area contributed by atoms with E-state index < -0.39 is 0 Å². The molecule has 0 saturated heterocycles. The van der Waals surface area contributed by atoms with Crippen LogP contribution in [0.25, 0.3) is 0 Å². The summed E-state index contributed by atoms with van der Waals surface area (Å²) in [4.78, 5) is 16.2. The third-order valence-electron chi connectivity index (χ3n) is 2.73. The number of hydrogen-bond acceptors (Lipinski definition) is 5. The maximum Gasteiger partial charge on any atom is 0.267 e. The summed E-state index contributed by atoms with van der Waals surface area (Å²) in [5, 5.41) is 7.31. The van der Waals surface area contributed by atoms with E-state index in [2.05, 4.69) is 22.3 Å². The standard InChI is InChI=1S/C14H18N4O2/c1-3-9-15-12-6-4-5-11(16-12)10-18-14(19)8-7-13(17-18)20-2/h4-8H,3,9-10H2,1-2H3,(H,15,16). The molecule has 2 aromatic heterocycles. The molecular formula is C14H18N4O2. The first-order valence-electron chi connectivity index (χ1n) is 6.55. The summed E-state index contributed by atoms with van der Waals surface area (Å²) >= 11 is 0. The van der Waals surface area contributed by atoms with Crippen LogP contribution in [0.15, 0.2) is 35.1 Å². The van der Waals surface area contributed by atoms with Gasteiger partial charge in [-0.25, -0.2) is 9.67 Å². The smallest absolute Gasteiger partial charge is 0.267 e. The van der Waals surface area contributed by atoms with Crippen LogP contribution in [-0.4, -0.2) is 28.4 Å². The van der Waals surface area contributed by atoms with Crippen molar-refractivity contribution in [1.29, 1.82) is 0 Å². The molecule has 0 fully saturated rings. The fourth-order valence-electron chi connectivity index (χ4n) is 1.72. The Morgan fingerprint density at radius 3 is 2.90 bits per heavy atom. The molecule has 0 atom stereocenters. The van der Waals surface area contributed by atoms with Crippen molar-refractivity contribution in [2.75, 3.05) is 19.0 Å². The molecule has 0 spiro atoms. The van der Waals surface area contributed by atoms with Crippen LogP contribution in [0, 0.1) is 0 Å². The van der Waals surface area contributed by atoms with E-state index in [9.17, 15) is 4.79 Å². The van der Waals surface area contributed by atoms with E-state index >= 15 is 0 Å². The zero-order valence-corrected chi connectivity index (χ0v) is 11.7. The van der Waals surface area contributed by atoms with Gasteiger partial charge in [-0.1, -0.05) is 13.0 Å². The second-order valence-corrected chi connectivity index (χ2v) is 4.31. The van der Waals surface area contributed by atoms with Crippen molar-refractivity contribution in [3.8, 4) is 5.88 Å². The van der Waals surface area contributed by atoms with Crippen molar-refractivity contribution in [3.63, 3.8) is 0 Å². The summed E-state index contributed by atoms with van der Waals surface area (Å²) in [6.45, 7) is 3.28. The number of methoxy groups -OCH3 is 1. The molecule has 0 aliphatic carbocycles. The van der Waals surface area contributed by atoms with Gasteiger partial charge in [0, 0.05) is 18.7 Å².